The number of anilines is 1. The molecule has 1 aliphatic rings. The minimum atomic E-state index is -0.500. The summed E-state index contributed by atoms with van der Waals surface area (Å²) in [5.41, 5.74) is 2.18. The number of halogens is 1. The normalized spacial score (nSPS) is 12.4. The number of hydrogen-bond donors (Lipinski definition) is 1. The molecule has 0 fully saturated rings. The first-order valence-electron chi connectivity index (χ1n) is 8.11. The smallest absolute Gasteiger partial charge is 0.310 e. The number of carbonyl (C=O) groups is 2. The summed E-state index contributed by atoms with van der Waals surface area (Å²) in [6.45, 7) is 2.47. The molecule has 0 spiro atoms. The number of fused-ring (bicyclic) bond motifs is 1. The lowest BCUT2D eigenvalue weighted by Crippen LogP contribution is -2.22. The zero-order valence-electron chi connectivity index (χ0n) is 14.2. The molecule has 0 unspecified atom stereocenters. The number of benzene rings is 2. The molecule has 2 aromatic carbocycles. The molecule has 0 saturated carbocycles. The molecule has 1 heterocycles. The minimum Gasteiger partial charge on any atom is -0.486 e. The molecule has 0 aliphatic carbocycles. The molecule has 26 heavy (non-hydrogen) atoms. The lowest BCUT2D eigenvalue weighted by atomic mass is 10.1. The van der Waals surface area contributed by atoms with E-state index in [9.17, 15) is 9.59 Å². The maximum Gasteiger partial charge on any atom is 0.310 e. The Morgan fingerprint density at radius 3 is 2.69 bits per heavy atom. The van der Waals surface area contributed by atoms with Crippen LogP contribution in [-0.2, 0) is 20.7 Å². The molecule has 1 N–H and O–H groups in total. The van der Waals surface area contributed by atoms with Gasteiger partial charge in [-0.15, -0.1) is 0 Å². The Morgan fingerprint density at radius 1 is 1.12 bits per heavy atom. The molecule has 0 saturated heterocycles. The average molecular weight is 376 g/mol. The molecule has 6 nitrogen and oxygen atoms in total. The van der Waals surface area contributed by atoms with Crippen molar-refractivity contribution in [1.82, 2.24) is 0 Å². The van der Waals surface area contributed by atoms with E-state index in [0.29, 0.717) is 35.4 Å². The van der Waals surface area contributed by atoms with Gasteiger partial charge in [-0.2, -0.15) is 0 Å². The van der Waals surface area contributed by atoms with Crippen molar-refractivity contribution < 1.29 is 23.8 Å². The van der Waals surface area contributed by atoms with E-state index in [4.69, 9.17) is 25.8 Å². The summed E-state index contributed by atoms with van der Waals surface area (Å²) in [5, 5.41) is 3.19. The minimum absolute atomic E-state index is 0.0418. The molecule has 0 bridgehead atoms. The highest BCUT2D eigenvalue weighted by Crippen LogP contribution is 2.30. The van der Waals surface area contributed by atoms with Crippen LogP contribution in [0.25, 0.3) is 0 Å². The number of amides is 1. The van der Waals surface area contributed by atoms with Gasteiger partial charge in [-0.3, -0.25) is 9.59 Å². The van der Waals surface area contributed by atoms with Crippen molar-refractivity contribution in [2.24, 2.45) is 0 Å². The van der Waals surface area contributed by atoms with Crippen LogP contribution in [0.5, 0.6) is 11.5 Å². The van der Waals surface area contributed by atoms with Crippen LogP contribution in [0.4, 0.5) is 5.69 Å². The van der Waals surface area contributed by atoms with Gasteiger partial charge >= 0.3 is 5.97 Å². The molecule has 0 radical (unpaired) electrons. The summed E-state index contributed by atoms with van der Waals surface area (Å²) < 4.78 is 16.0. The molecule has 3 rings (SSSR count). The third-order valence-electron chi connectivity index (χ3n) is 3.79. The van der Waals surface area contributed by atoms with Gasteiger partial charge in [0.25, 0.3) is 5.91 Å². The van der Waals surface area contributed by atoms with E-state index in [1.165, 1.54) is 0 Å². The summed E-state index contributed by atoms with van der Waals surface area (Å²) in [6.07, 6.45) is 0.0418. The van der Waals surface area contributed by atoms with Gasteiger partial charge in [0.1, 0.15) is 13.2 Å². The molecular weight excluding hydrogens is 358 g/mol. The van der Waals surface area contributed by atoms with E-state index in [0.717, 1.165) is 11.1 Å². The topological polar surface area (TPSA) is 73.9 Å². The van der Waals surface area contributed by atoms with Crippen molar-refractivity contribution in [2.45, 2.75) is 13.3 Å². The molecule has 1 amide bonds. The van der Waals surface area contributed by atoms with Crippen LogP contribution in [0.1, 0.15) is 11.1 Å². The fourth-order valence-corrected chi connectivity index (χ4v) is 2.65. The largest absolute Gasteiger partial charge is 0.486 e. The fraction of sp³-hybridized carbons (Fsp3) is 0.263. The first kappa shape index (κ1) is 18.1. The Labute approximate surface area is 156 Å². The number of hydrogen-bond acceptors (Lipinski definition) is 5. The van der Waals surface area contributed by atoms with Gasteiger partial charge in [-0.25, -0.2) is 0 Å². The monoisotopic (exact) mass is 375 g/mol. The maximum atomic E-state index is 12.0. The van der Waals surface area contributed by atoms with Gasteiger partial charge in [0.15, 0.2) is 18.1 Å². The maximum absolute atomic E-state index is 12.0. The van der Waals surface area contributed by atoms with E-state index in [1.807, 2.05) is 6.92 Å². The molecule has 0 aromatic heterocycles. The second-order valence-electron chi connectivity index (χ2n) is 5.82. The standard InChI is InChI=1S/C19H18ClNO5/c1-12-2-4-14(20)10-15(12)21-18(22)11-26-19(23)9-13-3-5-16-17(8-13)25-7-6-24-16/h2-5,8,10H,6-7,9,11H2,1H3,(H,21,22). The van der Waals surface area contributed by atoms with Crippen molar-refractivity contribution in [2.75, 3.05) is 25.1 Å². The van der Waals surface area contributed by atoms with Crippen LogP contribution >= 0.6 is 11.6 Å². The van der Waals surface area contributed by atoms with E-state index >= 15 is 0 Å². The quantitative estimate of drug-likeness (QED) is 0.813. The number of aryl methyl sites for hydroxylation is 1. The fourth-order valence-electron chi connectivity index (χ4n) is 2.48. The van der Waals surface area contributed by atoms with Crippen molar-refractivity contribution in [3.05, 3.63) is 52.5 Å². The van der Waals surface area contributed by atoms with Crippen LogP contribution in [0.15, 0.2) is 36.4 Å². The molecule has 0 atom stereocenters. The van der Waals surface area contributed by atoms with Gasteiger partial charge in [-0.1, -0.05) is 23.7 Å². The molecule has 136 valence electrons. The molecule has 2 aromatic rings. The van der Waals surface area contributed by atoms with Gasteiger partial charge in [0.2, 0.25) is 0 Å². The van der Waals surface area contributed by atoms with Crippen molar-refractivity contribution in [1.29, 1.82) is 0 Å². The van der Waals surface area contributed by atoms with Crippen molar-refractivity contribution >= 4 is 29.2 Å². The van der Waals surface area contributed by atoms with Gasteiger partial charge < -0.3 is 19.5 Å². The summed E-state index contributed by atoms with van der Waals surface area (Å²) in [5.74, 6) is 0.339. The lowest BCUT2D eigenvalue weighted by Gasteiger charge is -2.18. The summed E-state index contributed by atoms with van der Waals surface area (Å²) >= 11 is 5.91. The first-order chi connectivity index (χ1) is 12.5. The Hall–Kier alpha value is -2.73. The molecular formula is C19H18ClNO5. The van der Waals surface area contributed by atoms with E-state index in [2.05, 4.69) is 5.32 Å². The average Bonchev–Trinajstić information content (AvgIpc) is 2.63. The first-order valence-corrected chi connectivity index (χ1v) is 8.49. The zero-order chi connectivity index (χ0) is 18.5. The Bertz CT molecular complexity index is 837. The lowest BCUT2D eigenvalue weighted by molar-refractivity contribution is -0.146. The van der Waals surface area contributed by atoms with Crippen LogP contribution in [0, 0.1) is 6.92 Å². The summed E-state index contributed by atoms with van der Waals surface area (Å²) in [4.78, 5) is 23.9. The number of nitrogens with one attached hydrogen (secondary N) is 1. The highest BCUT2D eigenvalue weighted by Gasteiger charge is 2.14. The van der Waals surface area contributed by atoms with Crippen molar-refractivity contribution in [3.8, 4) is 11.5 Å². The second-order valence-corrected chi connectivity index (χ2v) is 6.26. The van der Waals surface area contributed by atoms with Gasteiger partial charge in [0.05, 0.1) is 6.42 Å². The second kappa shape index (κ2) is 8.10. The third-order valence-corrected chi connectivity index (χ3v) is 4.03. The highest BCUT2D eigenvalue weighted by molar-refractivity contribution is 6.31. The Morgan fingerprint density at radius 2 is 1.88 bits per heavy atom. The zero-order valence-corrected chi connectivity index (χ0v) is 15.0. The number of carbonyl (C=O) groups excluding carboxylic acids is 2. The Kier molecular flexibility index (Phi) is 5.63. The Balaban J connectivity index is 1.50. The van der Waals surface area contributed by atoms with Crippen LogP contribution in [-0.4, -0.2) is 31.7 Å². The van der Waals surface area contributed by atoms with Crippen LogP contribution in [0.2, 0.25) is 5.02 Å². The van der Waals surface area contributed by atoms with Crippen LogP contribution in [0.3, 0.4) is 0 Å². The number of ether oxygens (including phenoxy) is 3. The SMILES string of the molecule is Cc1ccc(Cl)cc1NC(=O)COC(=O)Cc1ccc2c(c1)OCCO2. The van der Waals surface area contributed by atoms with Crippen molar-refractivity contribution in [3.63, 3.8) is 0 Å². The molecule has 1 aliphatic heterocycles. The third kappa shape index (κ3) is 4.67. The molecule has 7 heteroatoms. The van der Waals surface area contributed by atoms with Crippen LogP contribution < -0.4 is 14.8 Å². The predicted octanol–water partition coefficient (Wildman–Crippen LogP) is 3.14. The predicted molar refractivity (Wildman–Crippen MR) is 96.9 cm³/mol. The van der Waals surface area contributed by atoms with E-state index < -0.39 is 11.9 Å². The number of esters is 1. The number of rotatable bonds is 5. The van der Waals surface area contributed by atoms with E-state index in [1.54, 1.807) is 36.4 Å². The van der Waals surface area contributed by atoms with Gasteiger partial charge in [-0.05, 0) is 42.3 Å². The van der Waals surface area contributed by atoms with E-state index in [-0.39, 0.29) is 13.0 Å². The highest BCUT2D eigenvalue weighted by atomic mass is 35.5. The summed E-state index contributed by atoms with van der Waals surface area (Å²) in [7, 11) is 0. The summed E-state index contributed by atoms with van der Waals surface area (Å²) in [6, 6.07) is 10.4. The van der Waals surface area contributed by atoms with Gasteiger partial charge in [0, 0.05) is 10.7 Å².